The van der Waals surface area contributed by atoms with Crippen LogP contribution in [0.15, 0.2) is 30.3 Å². The fourth-order valence-corrected chi connectivity index (χ4v) is 3.13. The molecule has 0 spiro atoms. The Labute approximate surface area is 108 Å². The van der Waals surface area contributed by atoms with Crippen molar-refractivity contribution in [1.29, 1.82) is 0 Å². The Morgan fingerprint density at radius 1 is 1.06 bits per heavy atom. The summed E-state index contributed by atoms with van der Waals surface area (Å²) in [5, 5.41) is 12.1. The molecule has 1 saturated carbocycles. The van der Waals surface area contributed by atoms with E-state index in [0.717, 1.165) is 17.8 Å². The molecule has 0 atom stereocenters. The second-order valence-electron chi connectivity index (χ2n) is 5.37. The number of hydroxylamine groups is 1. The molecule has 1 aliphatic heterocycles. The van der Waals surface area contributed by atoms with Gasteiger partial charge in [0.1, 0.15) is 0 Å². The molecule has 1 aliphatic carbocycles. The molecule has 0 bridgehead atoms. The summed E-state index contributed by atoms with van der Waals surface area (Å²) >= 11 is 0. The van der Waals surface area contributed by atoms with Gasteiger partial charge in [0, 0.05) is 11.6 Å². The Morgan fingerprint density at radius 2 is 1.78 bits per heavy atom. The van der Waals surface area contributed by atoms with Gasteiger partial charge in [-0.15, -0.1) is 0 Å². The zero-order valence-electron chi connectivity index (χ0n) is 10.7. The molecule has 0 amide bonds. The SMILES string of the molecule is [O-][N+]1=C(c2ccccc2)CN(C2CCCCC2)C1. The fourth-order valence-electron chi connectivity index (χ4n) is 3.13. The monoisotopic (exact) mass is 244 g/mol. The van der Waals surface area contributed by atoms with Gasteiger partial charge in [-0.3, -0.25) is 0 Å². The highest BCUT2D eigenvalue weighted by Crippen LogP contribution is 2.24. The molecular formula is C15H20N2O. The van der Waals surface area contributed by atoms with Crippen molar-refractivity contribution in [3.8, 4) is 0 Å². The number of benzene rings is 1. The summed E-state index contributed by atoms with van der Waals surface area (Å²) < 4.78 is 1.17. The van der Waals surface area contributed by atoms with E-state index < -0.39 is 0 Å². The molecule has 3 rings (SSSR count). The predicted octanol–water partition coefficient (Wildman–Crippen LogP) is 2.59. The minimum Gasteiger partial charge on any atom is -0.623 e. The van der Waals surface area contributed by atoms with Crippen molar-refractivity contribution in [3.63, 3.8) is 0 Å². The van der Waals surface area contributed by atoms with E-state index in [4.69, 9.17) is 0 Å². The molecule has 3 nitrogen and oxygen atoms in total. The first kappa shape index (κ1) is 11.7. The number of hydrogen-bond acceptors (Lipinski definition) is 2. The van der Waals surface area contributed by atoms with E-state index in [1.807, 2.05) is 30.3 Å². The standard InChI is InChI=1S/C15H20N2O/c18-17-12-16(14-9-5-2-6-10-14)11-15(17)13-7-3-1-4-8-13/h1,3-4,7-8,14H,2,5-6,9-12H2. The molecule has 3 heteroatoms. The average molecular weight is 244 g/mol. The maximum atomic E-state index is 12.1. The van der Waals surface area contributed by atoms with Crippen molar-refractivity contribution >= 4 is 5.71 Å². The highest BCUT2D eigenvalue weighted by molar-refractivity contribution is 5.99. The summed E-state index contributed by atoms with van der Waals surface area (Å²) in [7, 11) is 0. The maximum absolute atomic E-state index is 12.1. The molecule has 96 valence electrons. The largest absolute Gasteiger partial charge is 0.623 e. The predicted molar refractivity (Wildman–Crippen MR) is 72.6 cm³/mol. The summed E-state index contributed by atoms with van der Waals surface area (Å²) in [6, 6.07) is 10.7. The lowest BCUT2D eigenvalue weighted by molar-refractivity contribution is -0.469. The van der Waals surface area contributed by atoms with Crippen molar-refractivity contribution in [3.05, 3.63) is 41.1 Å². The first-order chi connectivity index (χ1) is 8.84. The topological polar surface area (TPSA) is 29.3 Å². The van der Waals surface area contributed by atoms with Gasteiger partial charge in [-0.05, 0) is 25.0 Å². The van der Waals surface area contributed by atoms with E-state index in [2.05, 4.69) is 4.90 Å². The molecule has 1 aromatic carbocycles. The molecule has 0 unspecified atom stereocenters. The van der Waals surface area contributed by atoms with Crippen LogP contribution in [0.4, 0.5) is 0 Å². The quantitative estimate of drug-likeness (QED) is 0.591. The van der Waals surface area contributed by atoms with Crippen LogP contribution in [0, 0.1) is 5.21 Å². The summed E-state index contributed by atoms with van der Waals surface area (Å²) in [6.45, 7) is 1.37. The van der Waals surface area contributed by atoms with Gasteiger partial charge in [-0.25, -0.2) is 4.90 Å². The van der Waals surface area contributed by atoms with Crippen LogP contribution in [0.1, 0.15) is 37.7 Å². The van der Waals surface area contributed by atoms with Gasteiger partial charge in [0.2, 0.25) is 12.4 Å². The van der Waals surface area contributed by atoms with E-state index >= 15 is 0 Å². The van der Waals surface area contributed by atoms with Crippen LogP contribution in [0.5, 0.6) is 0 Å². The van der Waals surface area contributed by atoms with E-state index in [9.17, 15) is 5.21 Å². The minimum absolute atomic E-state index is 0.550. The van der Waals surface area contributed by atoms with E-state index in [0.29, 0.717) is 12.7 Å². The van der Waals surface area contributed by atoms with Gasteiger partial charge in [-0.2, -0.15) is 4.74 Å². The smallest absolute Gasteiger partial charge is 0.210 e. The second kappa shape index (κ2) is 5.11. The summed E-state index contributed by atoms with van der Waals surface area (Å²) in [6.07, 6.45) is 6.52. The molecule has 1 heterocycles. The second-order valence-corrected chi connectivity index (χ2v) is 5.37. The molecule has 18 heavy (non-hydrogen) atoms. The van der Waals surface area contributed by atoms with Crippen molar-refractivity contribution in [2.45, 2.75) is 38.1 Å². The van der Waals surface area contributed by atoms with Crippen LogP contribution >= 0.6 is 0 Å². The van der Waals surface area contributed by atoms with E-state index in [1.165, 1.54) is 36.8 Å². The van der Waals surface area contributed by atoms with Crippen molar-refractivity contribution in [2.24, 2.45) is 0 Å². The minimum atomic E-state index is 0.550. The van der Waals surface area contributed by atoms with Crippen LogP contribution in [0.25, 0.3) is 0 Å². The number of hydrogen-bond donors (Lipinski definition) is 0. The average Bonchev–Trinajstić information content (AvgIpc) is 2.83. The Balaban J connectivity index is 1.72. The lowest BCUT2D eigenvalue weighted by Crippen LogP contribution is -2.37. The van der Waals surface area contributed by atoms with Gasteiger partial charge >= 0.3 is 0 Å². The van der Waals surface area contributed by atoms with Crippen LogP contribution in [0.3, 0.4) is 0 Å². The molecule has 1 fully saturated rings. The zero-order chi connectivity index (χ0) is 12.4. The highest BCUT2D eigenvalue weighted by atomic mass is 16.5. The lowest BCUT2D eigenvalue weighted by Gasteiger charge is -2.28. The molecule has 1 aromatic rings. The van der Waals surface area contributed by atoms with Crippen LogP contribution < -0.4 is 0 Å². The van der Waals surface area contributed by atoms with Gasteiger partial charge in [0.05, 0.1) is 6.54 Å². The van der Waals surface area contributed by atoms with Gasteiger partial charge < -0.3 is 5.21 Å². The Bertz CT molecular complexity index is 435. The normalized spacial score (nSPS) is 22.7. The van der Waals surface area contributed by atoms with Crippen LogP contribution in [-0.2, 0) is 0 Å². The highest BCUT2D eigenvalue weighted by Gasteiger charge is 2.32. The summed E-state index contributed by atoms with van der Waals surface area (Å²) in [5.74, 6) is 0. The number of rotatable bonds is 2. The molecule has 0 aromatic heterocycles. The number of nitrogens with zero attached hydrogens (tertiary/aromatic N) is 2. The molecule has 0 N–H and O–H groups in total. The van der Waals surface area contributed by atoms with Gasteiger partial charge in [-0.1, -0.05) is 37.5 Å². The Morgan fingerprint density at radius 3 is 2.50 bits per heavy atom. The Kier molecular flexibility index (Phi) is 3.33. The molecular weight excluding hydrogens is 224 g/mol. The van der Waals surface area contributed by atoms with Crippen molar-refractivity contribution in [1.82, 2.24) is 4.90 Å². The molecule has 0 radical (unpaired) electrons. The first-order valence-electron chi connectivity index (χ1n) is 6.94. The lowest BCUT2D eigenvalue weighted by atomic mass is 9.94. The van der Waals surface area contributed by atoms with Crippen molar-refractivity contribution in [2.75, 3.05) is 13.2 Å². The molecule has 2 aliphatic rings. The van der Waals surface area contributed by atoms with Gasteiger partial charge in [0.15, 0.2) is 0 Å². The third-order valence-corrected chi connectivity index (χ3v) is 4.16. The van der Waals surface area contributed by atoms with Crippen molar-refractivity contribution < 1.29 is 4.74 Å². The molecule has 0 saturated heterocycles. The van der Waals surface area contributed by atoms with Gasteiger partial charge in [0.25, 0.3) is 0 Å². The fraction of sp³-hybridized carbons (Fsp3) is 0.533. The Hall–Kier alpha value is -1.35. The third kappa shape index (κ3) is 2.27. The van der Waals surface area contributed by atoms with E-state index in [-0.39, 0.29) is 0 Å². The van der Waals surface area contributed by atoms with Crippen LogP contribution in [0.2, 0.25) is 0 Å². The first-order valence-corrected chi connectivity index (χ1v) is 6.94. The maximum Gasteiger partial charge on any atom is 0.210 e. The van der Waals surface area contributed by atoms with Crippen LogP contribution in [-0.4, -0.2) is 34.6 Å². The van der Waals surface area contributed by atoms with E-state index in [1.54, 1.807) is 0 Å². The third-order valence-electron chi connectivity index (χ3n) is 4.16. The summed E-state index contributed by atoms with van der Waals surface area (Å²) in [5.41, 5.74) is 2.01. The summed E-state index contributed by atoms with van der Waals surface area (Å²) in [4.78, 5) is 2.36. The zero-order valence-corrected chi connectivity index (χ0v) is 10.7.